The number of aromatic nitrogens is 2. The summed E-state index contributed by atoms with van der Waals surface area (Å²) in [6, 6.07) is 6.60. The molecule has 0 bridgehead atoms. The molecule has 0 radical (unpaired) electrons. The molecule has 0 aliphatic carbocycles. The lowest BCUT2D eigenvalue weighted by molar-refractivity contribution is -0.0549. The molecule has 2 aromatic rings. The van der Waals surface area contributed by atoms with E-state index < -0.39 is 0 Å². The molecule has 2 unspecified atom stereocenters. The van der Waals surface area contributed by atoms with Crippen LogP contribution in [0.2, 0.25) is 0 Å². The first-order valence-corrected chi connectivity index (χ1v) is 7.79. The minimum atomic E-state index is 0.257. The van der Waals surface area contributed by atoms with Gasteiger partial charge >= 0.3 is 0 Å². The summed E-state index contributed by atoms with van der Waals surface area (Å²) in [5.74, 6) is 1.03. The summed E-state index contributed by atoms with van der Waals surface area (Å²) in [4.78, 5) is 7.20. The SMILES string of the molecule is Cc1nc2cc(N)ccc2n1CC1CN2CCCC2CO1. The van der Waals surface area contributed by atoms with E-state index in [0.29, 0.717) is 6.04 Å². The first-order chi connectivity index (χ1) is 10.2. The molecule has 2 N–H and O–H groups in total. The molecule has 1 aromatic carbocycles. The fourth-order valence-corrected chi connectivity index (χ4v) is 3.70. The van der Waals surface area contributed by atoms with Gasteiger partial charge in [-0.05, 0) is 44.5 Å². The topological polar surface area (TPSA) is 56.3 Å². The highest BCUT2D eigenvalue weighted by Crippen LogP contribution is 2.25. The van der Waals surface area contributed by atoms with Crippen LogP contribution in [0.25, 0.3) is 11.0 Å². The Balaban J connectivity index is 1.58. The molecule has 2 atom stereocenters. The van der Waals surface area contributed by atoms with E-state index >= 15 is 0 Å². The van der Waals surface area contributed by atoms with Gasteiger partial charge in [0, 0.05) is 18.3 Å². The maximum absolute atomic E-state index is 6.08. The number of imidazole rings is 1. The van der Waals surface area contributed by atoms with Gasteiger partial charge in [-0.15, -0.1) is 0 Å². The zero-order valence-corrected chi connectivity index (χ0v) is 12.5. The Bertz CT molecular complexity index is 666. The molecule has 5 nitrogen and oxygen atoms in total. The van der Waals surface area contributed by atoms with Crippen LogP contribution in [0.4, 0.5) is 5.69 Å². The van der Waals surface area contributed by atoms with Crippen LogP contribution in [0.5, 0.6) is 0 Å². The van der Waals surface area contributed by atoms with E-state index in [0.717, 1.165) is 42.2 Å². The van der Waals surface area contributed by atoms with Crippen molar-refractivity contribution in [3.63, 3.8) is 0 Å². The Labute approximate surface area is 124 Å². The molecule has 112 valence electrons. The summed E-state index contributed by atoms with van der Waals surface area (Å²) in [5.41, 5.74) is 8.73. The molecule has 0 amide bonds. The number of rotatable bonds is 2. The first-order valence-electron chi connectivity index (χ1n) is 7.79. The van der Waals surface area contributed by atoms with Gasteiger partial charge in [0.25, 0.3) is 0 Å². The van der Waals surface area contributed by atoms with Crippen LogP contribution in [-0.4, -0.2) is 46.3 Å². The molecule has 1 aromatic heterocycles. The van der Waals surface area contributed by atoms with Crippen molar-refractivity contribution in [2.24, 2.45) is 0 Å². The van der Waals surface area contributed by atoms with Crippen LogP contribution >= 0.6 is 0 Å². The Hall–Kier alpha value is -1.59. The summed E-state index contributed by atoms with van der Waals surface area (Å²) in [5, 5.41) is 0. The fraction of sp³-hybridized carbons (Fsp3) is 0.562. The van der Waals surface area contributed by atoms with Gasteiger partial charge < -0.3 is 15.0 Å². The molecular formula is C16H22N4O. The van der Waals surface area contributed by atoms with Crippen LogP contribution < -0.4 is 5.73 Å². The molecule has 3 heterocycles. The predicted molar refractivity (Wildman–Crippen MR) is 83.2 cm³/mol. The quantitative estimate of drug-likeness (QED) is 0.855. The van der Waals surface area contributed by atoms with E-state index in [1.807, 2.05) is 12.1 Å². The molecule has 2 aliphatic heterocycles. The van der Waals surface area contributed by atoms with Crippen LogP contribution in [-0.2, 0) is 11.3 Å². The number of benzene rings is 1. The molecular weight excluding hydrogens is 264 g/mol. The van der Waals surface area contributed by atoms with Crippen molar-refractivity contribution in [3.05, 3.63) is 24.0 Å². The lowest BCUT2D eigenvalue weighted by Gasteiger charge is -2.35. The number of nitrogens with zero attached hydrogens (tertiary/aromatic N) is 3. The summed E-state index contributed by atoms with van der Waals surface area (Å²) < 4.78 is 8.34. The number of aryl methyl sites for hydroxylation is 1. The van der Waals surface area contributed by atoms with E-state index in [9.17, 15) is 0 Å². The molecule has 2 aliphatic rings. The molecule has 2 fully saturated rings. The van der Waals surface area contributed by atoms with Crippen LogP contribution in [0, 0.1) is 6.92 Å². The highest BCUT2D eigenvalue weighted by Gasteiger charge is 2.32. The number of hydrogen-bond donors (Lipinski definition) is 1. The van der Waals surface area contributed by atoms with Gasteiger partial charge in [0.05, 0.1) is 30.3 Å². The lowest BCUT2D eigenvalue weighted by atomic mass is 10.2. The van der Waals surface area contributed by atoms with E-state index in [-0.39, 0.29) is 6.10 Å². The standard InChI is InChI=1S/C16H22N4O/c1-11-18-15-7-12(17)4-5-16(15)20(11)9-14-8-19-6-2-3-13(19)10-21-14/h4-5,7,13-14H,2-3,6,8-10,17H2,1H3. The van der Waals surface area contributed by atoms with Crippen LogP contribution in [0.1, 0.15) is 18.7 Å². The number of anilines is 1. The van der Waals surface area contributed by atoms with Crippen molar-refractivity contribution in [2.45, 2.75) is 38.5 Å². The normalized spacial score (nSPS) is 26.3. The molecule has 0 spiro atoms. The van der Waals surface area contributed by atoms with Gasteiger partial charge in [-0.3, -0.25) is 4.90 Å². The van der Waals surface area contributed by atoms with E-state index in [1.165, 1.54) is 19.4 Å². The van der Waals surface area contributed by atoms with E-state index in [4.69, 9.17) is 10.5 Å². The maximum atomic E-state index is 6.08. The monoisotopic (exact) mass is 286 g/mol. The summed E-state index contributed by atoms with van der Waals surface area (Å²) in [7, 11) is 0. The summed E-state index contributed by atoms with van der Waals surface area (Å²) in [6.45, 7) is 6.07. The van der Waals surface area contributed by atoms with Crippen molar-refractivity contribution >= 4 is 16.7 Å². The second-order valence-corrected chi connectivity index (χ2v) is 6.26. The Morgan fingerprint density at radius 3 is 3.24 bits per heavy atom. The van der Waals surface area contributed by atoms with Gasteiger partial charge in [0.15, 0.2) is 0 Å². The predicted octanol–water partition coefficient (Wildman–Crippen LogP) is 1.79. The minimum absolute atomic E-state index is 0.257. The number of ether oxygens (including phenoxy) is 1. The van der Waals surface area contributed by atoms with Gasteiger partial charge in [-0.1, -0.05) is 0 Å². The van der Waals surface area contributed by atoms with Crippen LogP contribution in [0.3, 0.4) is 0 Å². The maximum Gasteiger partial charge on any atom is 0.106 e. The van der Waals surface area contributed by atoms with Crippen molar-refractivity contribution in [1.82, 2.24) is 14.5 Å². The summed E-state index contributed by atoms with van der Waals surface area (Å²) >= 11 is 0. The highest BCUT2D eigenvalue weighted by molar-refractivity contribution is 5.79. The Morgan fingerprint density at radius 1 is 1.43 bits per heavy atom. The third kappa shape index (κ3) is 2.30. The zero-order valence-electron chi connectivity index (χ0n) is 12.5. The number of morpholine rings is 1. The van der Waals surface area contributed by atoms with Gasteiger partial charge in [0.2, 0.25) is 0 Å². The highest BCUT2D eigenvalue weighted by atomic mass is 16.5. The van der Waals surface area contributed by atoms with Crippen molar-refractivity contribution < 1.29 is 4.74 Å². The Kier molecular flexibility index (Phi) is 3.12. The van der Waals surface area contributed by atoms with Crippen molar-refractivity contribution in [1.29, 1.82) is 0 Å². The number of hydrogen-bond acceptors (Lipinski definition) is 4. The number of nitrogen functional groups attached to an aromatic ring is 1. The Morgan fingerprint density at radius 2 is 2.33 bits per heavy atom. The zero-order chi connectivity index (χ0) is 14.4. The average Bonchev–Trinajstić information content (AvgIpc) is 3.03. The third-order valence-corrected chi connectivity index (χ3v) is 4.81. The molecule has 5 heteroatoms. The average molecular weight is 286 g/mol. The number of nitrogens with two attached hydrogens (primary N) is 1. The van der Waals surface area contributed by atoms with Crippen molar-refractivity contribution in [2.75, 3.05) is 25.4 Å². The molecule has 4 rings (SSSR count). The summed E-state index contributed by atoms with van der Waals surface area (Å²) in [6.07, 6.45) is 2.86. The molecule has 0 saturated carbocycles. The lowest BCUT2D eigenvalue weighted by Crippen LogP contribution is -2.47. The second kappa shape index (κ2) is 5.00. The number of fused-ring (bicyclic) bond motifs is 2. The van der Waals surface area contributed by atoms with E-state index in [2.05, 4.69) is 27.4 Å². The third-order valence-electron chi connectivity index (χ3n) is 4.81. The smallest absolute Gasteiger partial charge is 0.106 e. The first kappa shape index (κ1) is 13.1. The fourth-order valence-electron chi connectivity index (χ4n) is 3.70. The van der Waals surface area contributed by atoms with Gasteiger partial charge in [-0.25, -0.2) is 4.98 Å². The van der Waals surface area contributed by atoms with Gasteiger partial charge in [-0.2, -0.15) is 0 Å². The molecule has 21 heavy (non-hydrogen) atoms. The molecule has 2 saturated heterocycles. The van der Waals surface area contributed by atoms with Gasteiger partial charge in [0.1, 0.15) is 5.82 Å². The van der Waals surface area contributed by atoms with Crippen LogP contribution in [0.15, 0.2) is 18.2 Å². The largest absolute Gasteiger partial charge is 0.399 e. The van der Waals surface area contributed by atoms with E-state index in [1.54, 1.807) is 0 Å². The van der Waals surface area contributed by atoms with Crippen molar-refractivity contribution in [3.8, 4) is 0 Å². The minimum Gasteiger partial charge on any atom is -0.399 e. The second-order valence-electron chi connectivity index (χ2n) is 6.26.